The van der Waals surface area contributed by atoms with Crippen molar-refractivity contribution in [1.82, 2.24) is 19.9 Å². The van der Waals surface area contributed by atoms with Crippen LogP contribution >= 0.6 is 0 Å². The third kappa shape index (κ3) is 6.62. The van der Waals surface area contributed by atoms with Gasteiger partial charge in [-0.1, -0.05) is 48.9 Å². The normalized spacial score (nSPS) is 15.0. The highest BCUT2D eigenvalue weighted by Crippen LogP contribution is 2.28. The molecule has 1 saturated heterocycles. The number of aryl methyl sites for hydroxylation is 1. The first-order valence-corrected chi connectivity index (χ1v) is 13.2. The van der Waals surface area contributed by atoms with Crippen LogP contribution in [-0.2, 0) is 4.79 Å². The lowest BCUT2D eigenvalue weighted by molar-refractivity contribution is -0.129. The zero-order valence-corrected chi connectivity index (χ0v) is 23.0. The molecule has 4 rings (SSSR count). The highest BCUT2D eigenvalue weighted by atomic mass is 16.2. The highest BCUT2D eigenvalue weighted by molar-refractivity contribution is 5.93. The summed E-state index contributed by atoms with van der Waals surface area (Å²) in [6, 6.07) is 10.5. The quantitative estimate of drug-likeness (QED) is 0.336. The number of fused-ring (bicyclic) bond motifs is 1. The van der Waals surface area contributed by atoms with Crippen LogP contribution in [0.1, 0.15) is 32.8 Å². The van der Waals surface area contributed by atoms with E-state index < -0.39 is 0 Å². The summed E-state index contributed by atoms with van der Waals surface area (Å²) in [4.78, 5) is 34.6. The van der Waals surface area contributed by atoms with Crippen molar-refractivity contribution < 1.29 is 4.79 Å². The zero-order chi connectivity index (χ0) is 27.1. The molecule has 0 atom stereocenters. The first-order valence-electron chi connectivity index (χ1n) is 13.2. The molecule has 1 amide bonds. The van der Waals surface area contributed by atoms with Crippen molar-refractivity contribution in [3.63, 3.8) is 0 Å². The van der Waals surface area contributed by atoms with E-state index in [1.54, 1.807) is 14.0 Å². The van der Waals surface area contributed by atoms with Gasteiger partial charge in [0.15, 0.2) is 5.65 Å². The van der Waals surface area contributed by atoms with Gasteiger partial charge in [-0.15, -0.1) is 0 Å². The number of amides is 1. The summed E-state index contributed by atoms with van der Waals surface area (Å²) in [6.45, 7) is 11.1. The molecule has 0 saturated carbocycles. The monoisotopic (exact) mass is 511 g/mol. The van der Waals surface area contributed by atoms with Crippen LogP contribution < -0.4 is 10.2 Å². The van der Waals surface area contributed by atoms with E-state index in [9.17, 15) is 4.79 Å². The number of carbonyl (C=O) groups excluding carboxylic acids is 1. The largest absolute Gasteiger partial charge is 0.365 e. The number of hydrogen-bond donors (Lipinski definition) is 1. The number of carbonyl (C=O) groups is 1. The third-order valence-corrected chi connectivity index (χ3v) is 6.75. The van der Waals surface area contributed by atoms with E-state index in [0.29, 0.717) is 44.3 Å². The number of aliphatic imine (C=N–C) groups is 1. The van der Waals surface area contributed by atoms with Crippen molar-refractivity contribution in [2.45, 2.75) is 34.1 Å². The second-order valence-corrected chi connectivity index (χ2v) is 9.57. The lowest BCUT2D eigenvalue weighted by atomic mass is 10.0. The number of benzene rings is 1. The standard InChI is InChI=1S/C30H37N7O/c1-6-7-24(11-10-22(3)31-5)19-32-28-27-18-26(25-12-8-21(2)9-13-25)20-33-29(27)35-30(34-28)37-16-14-36(15-17-37)23(4)38/h7-13,18,20H,6,14-17,19H2,1-5H3,(H,32,33,34,35)/b11-10-,24-7-,31-22?. The summed E-state index contributed by atoms with van der Waals surface area (Å²) in [5.41, 5.74) is 6.11. The molecule has 1 aliphatic rings. The maximum absolute atomic E-state index is 11.8. The Bertz CT molecular complexity index is 1370. The molecule has 0 aliphatic carbocycles. The number of piperazine rings is 1. The molecular weight excluding hydrogens is 474 g/mol. The predicted molar refractivity (Wildman–Crippen MR) is 157 cm³/mol. The van der Waals surface area contributed by atoms with Crippen molar-refractivity contribution in [2.75, 3.05) is 50.0 Å². The molecule has 1 fully saturated rings. The average molecular weight is 512 g/mol. The Hall–Kier alpha value is -4.07. The van der Waals surface area contributed by atoms with E-state index in [1.807, 2.05) is 24.1 Å². The molecule has 3 aromatic rings. The van der Waals surface area contributed by atoms with Gasteiger partial charge in [-0.3, -0.25) is 9.79 Å². The van der Waals surface area contributed by atoms with Crippen LogP contribution in [0.4, 0.5) is 11.8 Å². The van der Waals surface area contributed by atoms with E-state index in [0.717, 1.165) is 40.0 Å². The van der Waals surface area contributed by atoms with Crippen molar-refractivity contribution in [3.8, 4) is 11.1 Å². The number of nitrogens with zero attached hydrogens (tertiary/aromatic N) is 6. The Morgan fingerprint density at radius 1 is 1.05 bits per heavy atom. The van der Waals surface area contributed by atoms with Gasteiger partial charge in [-0.25, -0.2) is 4.98 Å². The minimum Gasteiger partial charge on any atom is -0.365 e. The molecule has 2 aromatic heterocycles. The molecule has 8 heteroatoms. The van der Waals surface area contributed by atoms with E-state index in [-0.39, 0.29) is 5.91 Å². The lowest BCUT2D eigenvalue weighted by Gasteiger charge is -2.34. The second-order valence-electron chi connectivity index (χ2n) is 9.57. The van der Waals surface area contributed by atoms with Crippen LogP contribution in [0.15, 0.2) is 65.3 Å². The number of hydrogen-bond acceptors (Lipinski definition) is 7. The molecule has 0 unspecified atom stereocenters. The summed E-state index contributed by atoms with van der Waals surface area (Å²) >= 11 is 0. The molecule has 0 bridgehead atoms. The van der Waals surface area contributed by atoms with Gasteiger partial charge in [0, 0.05) is 64.2 Å². The number of aromatic nitrogens is 3. The molecule has 8 nitrogen and oxygen atoms in total. The van der Waals surface area contributed by atoms with Gasteiger partial charge in [-0.05, 0) is 43.5 Å². The summed E-state index contributed by atoms with van der Waals surface area (Å²) in [5.74, 6) is 1.48. The fourth-order valence-corrected chi connectivity index (χ4v) is 4.35. The molecule has 38 heavy (non-hydrogen) atoms. The Labute approximate surface area is 225 Å². The first-order chi connectivity index (χ1) is 18.4. The minimum atomic E-state index is 0.100. The van der Waals surface area contributed by atoms with E-state index in [4.69, 9.17) is 15.0 Å². The van der Waals surface area contributed by atoms with Crippen LogP contribution in [0.25, 0.3) is 22.2 Å². The smallest absolute Gasteiger partial charge is 0.229 e. The Morgan fingerprint density at radius 2 is 1.79 bits per heavy atom. The summed E-state index contributed by atoms with van der Waals surface area (Å²) in [7, 11) is 1.80. The van der Waals surface area contributed by atoms with Crippen LogP contribution in [0, 0.1) is 6.92 Å². The number of pyridine rings is 1. The minimum absolute atomic E-state index is 0.100. The number of rotatable bonds is 8. The molecule has 0 radical (unpaired) electrons. The molecule has 3 heterocycles. The van der Waals surface area contributed by atoms with Gasteiger partial charge in [-0.2, -0.15) is 9.97 Å². The van der Waals surface area contributed by atoms with Crippen LogP contribution in [0.3, 0.4) is 0 Å². The van der Waals surface area contributed by atoms with Gasteiger partial charge in [0.05, 0.1) is 5.39 Å². The zero-order valence-electron chi connectivity index (χ0n) is 23.0. The van der Waals surface area contributed by atoms with Crippen molar-refractivity contribution >= 4 is 34.4 Å². The molecule has 0 spiro atoms. The van der Waals surface area contributed by atoms with E-state index >= 15 is 0 Å². The number of allylic oxidation sites excluding steroid dienone is 2. The summed E-state index contributed by atoms with van der Waals surface area (Å²) in [5, 5.41) is 4.44. The van der Waals surface area contributed by atoms with Crippen LogP contribution in [0.2, 0.25) is 0 Å². The molecule has 1 aromatic carbocycles. The topological polar surface area (TPSA) is 86.6 Å². The number of nitrogens with one attached hydrogen (secondary N) is 1. The molecule has 1 N–H and O–H groups in total. The van der Waals surface area contributed by atoms with Gasteiger partial charge < -0.3 is 15.1 Å². The molecular formula is C30H37N7O. The Kier molecular flexibility index (Phi) is 8.84. The predicted octanol–water partition coefficient (Wildman–Crippen LogP) is 5.06. The third-order valence-electron chi connectivity index (χ3n) is 6.75. The SMILES string of the molecule is CC/C=C(/C=C\C(C)=NC)CNc1nc(N2CCN(C(C)=O)CC2)nc2ncc(-c3ccc(C)cc3)cc12. The Morgan fingerprint density at radius 3 is 2.45 bits per heavy atom. The number of anilines is 2. The summed E-state index contributed by atoms with van der Waals surface area (Å²) in [6.07, 6.45) is 9.13. The fourth-order valence-electron chi connectivity index (χ4n) is 4.35. The van der Waals surface area contributed by atoms with Gasteiger partial charge in [0.1, 0.15) is 5.82 Å². The van der Waals surface area contributed by atoms with E-state index in [2.05, 4.69) is 71.5 Å². The van der Waals surface area contributed by atoms with Gasteiger partial charge in [0.2, 0.25) is 11.9 Å². The highest BCUT2D eigenvalue weighted by Gasteiger charge is 2.22. The molecule has 1 aliphatic heterocycles. The van der Waals surface area contributed by atoms with E-state index in [1.165, 1.54) is 5.56 Å². The van der Waals surface area contributed by atoms with Crippen molar-refractivity contribution in [1.29, 1.82) is 0 Å². The first kappa shape index (κ1) is 27.0. The van der Waals surface area contributed by atoms with Gasteiger partial charge in [0.25, 0.3) is 0 Å². The lowest BCUT2D eigenvalue weighted by Crippen LogP contribution is -2.48. The summed E-state index contributed by atoms with van der Waals surface area (Å²) < 4.78 is 0. The second kappa shape index (κ2) is 12.4. The maximum Gasteiger partial charge on any atom is 0.229 e. The maximum atomic E-state index is 11.8. The molecule has 198 valence electrons. The Balaban J connectivity index is 1.70. The van der Waals surface area contributed by atoms with Gasteiger partial charge >= 0.3 is 0 Å². The van der Waals surface area contributed by atoms with Crippen LogP contribution in [0.5, 0.6) is 0 Å². The average Bonchev–Trinajstić information content (AvgIpc) is 2.94. The van der Waals surface area contributed by atoms with Crippen LogP contribution in [-0.4, -0.2) is 71.2 Å². The fraction of sp³-hybridized carbons (Fsp3) is 0.367. The van der Waals surface area contributed by atoms with Crippen molar-refractivity contribution in [2.24, 2.45) is 4.99 Å². The van der Waals surface area contributed by atoms with Crippen molar-refractivity contribution in [3.05, 3.63) is 65.9 Å².